The highest BCUT2D eigenvalue weighted by Gasteiger charge is 2.42. The summed E-state index contributed by atoms with van der Waals surface area (Å²) in [6, 6.07) is 14.5. The summed E-state index contributed by atoms with van der Waals surface area (Å²) in [6.45, 7) is 1.79. The lowest BCUT2D eigenvalue weighted by atomic mass is 9.82. The Kier molecular flexibility index (Phi) is 13.1. The number of hydrogen-bond acceptors (Lipinski definition) is 9. The summed E-state index contributed by atoms with van der Waals surface area (Å²) in [7, 11) is 0. The Balaban J connectivity index is 1.17. The first-order valence-corrected chi connectivity index (χ1v) is 19.1. The molecule has 3 atom stereocenters. The number of nitrogens with two attached hydrogens (primary N) is 1. The van der Waals surface area contributed by atoms with Crippen molar-refractivity contribution < 1.29 is 43.4 Å². The zero-order valence-electron chi connectivity index (χ0n) is 30.8. The lowest BCUT2D eigenvalue weighted by Gasteiger charge is -2.38. The maximum atomic E-state index is 14.8. The Hall–Kier alpha value is -5.24. The van der Waals surface area contributed by atoms with Gasteiger partial charge in [0.05, 0.1) is 22.8 Å². The fraction of sp³-hybridized carbons (Fsp3) is 0.381. The Morgan fingerprint density at radius 2 is 1.70 bits per heavy atom. The van der Waals surface area contributed by atoms with E-state index < -0.39 is 41.9 Å². The van der Waals surface area contributed by atoms with Crippen molar-refractivity contribution >= 4 is 52.3 Å². The second-order valence-corrected chi connectivity index (χ2v) is 14.8. The van der Waals surface area contributed by atoms with Crippen LogP contribution in [0.2, 0.25) is 5.02 Å². The van der Waals surface area contributed by atoms with Gasteiger partial charge in [-0.2, -0.15) is 0 Å². The zero-order chi connectivity index (χ0) is 39.9. The first-order valence-electron chi connectivity index (χ1n) is 18.8. The van der Waals surface area contributed by atoms with Gasteiger partial charge in [0, 0.05) is 44.5 Å². The lowest BCUT2D eigenvalue weighted by Crippen LogP contribution is -2.48. The van der Waals surface area contributed by atoms with Gasteiger partial charge in [0.25, 0.3) is 5.91 Å². The maximum absolute atomic E-state index is 14.8. The molecule has 0 radical (unpaired) electrons. The lowest BCUT2D eigenvalue weighted by molar-refractivity contribution is -0.149. The Bertz CT molecular complexity index is 2070. The van der Waals surface area contributed by atoms with E-state index in [1.807, 2.05) is 18.2 Å². The van der Waals surface area contributed by atoms with Gasteiger partial charge in [0.15, 0.2) is 11.6 Å². The van der Waals surface area contributed by atoms with Crippen LogP contribution in [0.4, 0.5) is 4.39 Å². The molecule has 3 aromatic carbocycles. The molecule has 1 amide bonds. The third-order valence-electron chi connectivity index (χ3n) is 10.6. The molecule has 3 aromatic rings. The molecule has 0 fully saturated rings. The second kappa shape index (κ2) is 18.1. The smallest absolute Gasteiger partial charge is 0.335 e. The van der Waals surface area contributed by atoms with Gasteiger partial charge in [0.1, 0.15) is 17.9 Å². The number of halogens is 2. The molecular weight excluding hydrogens is 743 g/mol. The van der Waals surface area contributed by atoms with Crippen molar-refractivity contribution in [1.82, 2.24) is 9.80 Å². The van der Waals surface area contributed by atoms with Crippen LogP contribution in [0, 0.1) is 5.82 Å². The molecule has 0 aromatic heterocycles. The van der Waals surface area contributed by atoms with Crippen molar-refractivity contribution in [2.24, 2.45) is 10.9 Å². The topological polar surface area (TPSA) is 180 Å². The van der Waals surface area contributed by atoms with Crippen molar-refractivity contribution in [3.63, 3.8) is 0 Å². The van der Waals surface area contributed by atoms with Gasteiger partial charge in [-0.1, -0.05) is 72.1 Å². The normalized spacial score (nSPS) is 18.7. The summed E-state index contributed by atoms with van der Waals surface area (Å²) < 4.78 is 14.8. The van der Waals surface area contributed by atoms with Crippen LogP contribution in [0.15, 0.2) is 71.9 Å². The monoisotopic (exact) mass is 786 g/mol. The molecule has 0 spiro atoms. The number of Topliss-reactive ketones (excluding diaryl/α,β-unsaturated/α-hetero) is 2. The van der Waals surface area contributed by atoms with E-state index >= 15 is 0 Å². The number of fused-ring (bicyclic) bond motifs is 1. The van der Waals surface area contributed by atoms with E-state index in [4.69, 9.17) is 27.3 Å². The quantitative estimate of drug-likeness (QED) is 0.154. The minimum atomic E-state index is -1.08. The van der Waals surface area contributed by atoms with Crippen LogP contribution < -0.4 is 5.73 Å². The molecule has 0 saturated heterocycles. The van der Waals surface area contributed by atoms with Gasteiger partial charge >= 0.3 is 11.9 Å². The van der Waals surface area contributed by atoms with Crippen molar-refractivity contribution in [3.05, 3.63) is 111 Å². The summed E-state index contributed by atoms with van der Waals surface area (Å²) in [5, 5.41) is 22.2. The molecule has 12 nitrogen and oxygen atoms in total. The number of carbonyl (C=O) groups excluding carboxylic acids is 3. The highest BCUT2D eigenvalue weighted by molar-refractivity contribution is 6.31. The summed E-state index contributed by atoms with van der Waals surface area (Å²) in [6.07, 6.45) is 5.01. The molecule has 0 aliphatic carbocycles. The summed E-state index contributed by atoms with van der Waals surface area (Å²) in [4.78, 5) is 72.8. The average Bonchev–Trinajstić information content (AvgIpc) is 3.68. The fourth-order valence-electron chi connectivity index (χ4n) is 7.61. The third-order valence-corrected chi connectivity index (χ3v) is 10.9. The standard InChI is InChI=1S/C42H44ClFN4O8/c43-33-10-5-9-32(38(33)44)35-23-37(56-46-35)40(51)48-21-18-30-29(7-4-8-31(30)39(48)36(50)22-25-12-14-27(15-13-25)41(52)53)26-16-19-47(20-17-26)24-28(49)6-2-1-3-11-34(45)42(54)55/h4-5,7-10,12-16,34,37,39H,1-3,6,11,17-24,45H2,(H,52,53)(H,54,55)/t34-,37?,39?/m0/s1. The van der Waals surface area contributed by atoms with Crippen molar-refractivity contribution in [2.45, 2.75) is 76.0 Å². The summed E-state index contributed by atoms with van der Waals surface area (Å²) in [5.41, 5.74) is 10.4. The van der Waals surface area contributed by atoms with Crippen LogP contribution in [0.3, 0.4) is 0 Å². The minimum Gasteiger partial charge on any atom is -0.480 e. The van der Waals surface area contributed by atoms with Crippen LogP contribution in [-0.4, -0.2) is 93.5 Å². The molecule has 4 N–H and O–H groups in total. The molecule has 14 heteroatoms. The van der Waals surface area contributed by atoms with Crippen LogP contribution in [0.25, 0.3) is 5.57 Å². The molecule has 56 heavy (non-hydrogen) atoms. The first-order chi connectivity index (χ1) is 26.9. The number of unbranched alkanes of at least 4 members (excludes halogenated alkanes) is 2. The summed E-state index contributed by atoms with van der Waals surface area (Å²) >= 11 is 5.99. The second-order valence-electron chi connectivity index (χ2n) is 14.4. The molecule has 3 heterocycles. The van der Waals surface area contributed by atoms with E-state index in [2.05, 4.69) is 16.1 Å². The maximum Gasteiger partial charge on any atom is 0.335 e. The highest BCUT2D eigenvalue weighted by Crippen LogP contribution is 2.38. The number of aromatic carboxylic acids is 1. The molecule has 2 unspecified atom stereocenters. The first kappa shape index (κ1) is 40.4. The number of carboxylic acids is 2. The van der Waals surface area contributed by atoms with Gasteiger partial charge in [-0.3, -0.25) is 24.1 Å². The van der Waals surface area contributed by atoms with E-state index in [9.17, 15) is 33.5 Å². The van der Waals surface area contributed by atoms with E-state index in [0.29, 0.717) is 69.3 Å². The predicted octanol–water partition coefficient (Wildman–Crippen LogP) is 5.63. The molecule has 0 saturated carbocycles. The van der Waals surface area contributed by atoms with Crippen LogP contribution in [-0.2, 0) is 36.9 Å². The van der Waals surface area contributed by atoms with E-state index in [0.717, 1.165) is 23.1 Å². The Morgan fingerprint density at radius 3 is 2.41 bits per heavy atom. The summed E-state index contributed by atoms with van der Waals surface area (Å²) in [5.74, 6) is -3.34. The molecule has 6 rings (SSSR count). The zero-order valence-corrected chi connectivity index (χ0v) is 31.6. The van der Waals surface area contributed by atoms with E-state index in [1.165, 1.54) is 29.2 Å². The van der Waals surface area contributed by atoms with E-state index in [1.54, 1.807) is 18.2 Å². The minimum absolute atomic E-state index is 0.00948. The van der Waals surface area contributed by atoms with Crippen LogP contribution in [0.5, 0.6) is 0 Å². The van der Waals surface area contributed by atoms with Crippen molar-refractivity contribution in [1.29, 1.82) is 0 Å². The average molecular weight is 787 g/mol. The van der Waals surface area contributed by atoms with Gasteiger partial charge in [0.2, 0.25) is 6.10 Å². The number of aliphatic carboxylic acids is 1. The number of carbonyl (C=O) groups is 5. The number of nitrogens with zero attached hydrogens (tertiary/aromatic N) is 3. The van der Waals surface area contributed by atoms with Gasteiger partial charge in [-0.25, -0.2) is 9.18 Å². The van der Waals surface area contributed by atoms with Crippen molar-refractivity contribution in [3.8, 4) is 0 Å². The van der Waals surface area contributed by atoms with E-state index in [-0.39, 0.29) is 52.8 Å². The van der Waals surface area contributed by atoms with Crippen LogP contribution in [0.1, 0.15) is 89.2 Å². The SMILES string of the molecule is N[C@@H](CCCCCC(=O)CN1CC=C(c2cccc3c2CCN(C(=O)C2CC(c4cccc(Cl)c4F)=NO2)C3C(=O)Cc2ccc(C(=O)O)cc2)CC1)C(=O)O. The Morgan fingerprint density at radius 1 is 0.946 bits per heavy atom. The number of ketones is 2. The predicted molar refractivity (Wildman–Crippen MR) is 207 cm³/mol. The molecular formula is C42H44ClFN4O8. The van der Waals surface area contributed by atoms with Gasteiger partial charge in [-0.05, 0) is 77.8 Å². The number of carboxylic acid groups (broad SMARTS) is 2. The number of rotatable bonds is 16. The van der Waals surface area contributed by atoms with Crippen LogP contribution >= 0.6 is 11.6 Å². The highest BCUT2D eigenvalue weighted by atomic mass is 35.5. The molecule has 3 aliphatic rings. The Labute approximate surface area is 328 Å². The largest absolute Gasteiger partial charge is 0.480 e. The molecule has 3 aliphatic heterocycles. The number of benzene rings is 3. The molecule has 0 bridgehead atoms. The van der Waals surface area contributed by atoms with Gasteiger partial charge < -0.3 is 25.7 Å². The fourth-order valence-corrected chi connectivity index (χ4v) is 7.79. The van der Waals surface area contributed by atoms with Gasteiger partial charge in [-0.15, -0.1) is 0 Å². The number of hydrogen-bond donors (Lipinski definition) is 3. The molecule has 294 valence electrons. The number of oxime groups is 1. The number of amides is 1. The third kappa shape index (κ3) is 9.40. The van der Waals surface area contributed by atoms with Crippen molar-refractivity contribution in [2.75, 3.05) is 26.2 Å².